The number of ether oxygens (including phenoxy) is 1. The van der Waals surface area contributed by atoms with Gasteiger partial charge in [-0.2, -0.15) is 15.4 Å². The number of nitriles is 1. The third kappa shape index (κ3) is 5.30. The number of hydrogen-bond donors (Lipinski definition) is 2. The summed E-state index contributed by atoms with van der Waals surface area (Å²) in [6.45, 7) is 12.6. The molecule has 0 bridgehead atoms. The average Bonchev–Trinajstić information content (AvgIpc) is 3.53. The molecule has 36 heavy (non-hydrogen) atoms. The standard InChI is InChI=1S/C27H34N6O3/c1-6-35-21-9-7-20(8-10-21)26(34)33(36-27(3,4)5)25-18(2)24(30-17-19-11-13-29-16-19)22(15-28)23-12-14-31-32(23)25/h7-10,12,14,19,29-30H,6,11,13,16-17H2,1-5H3. The number of hydrogen-bond acceptors (Lipinski definition) is 7. The zero-order valence-corrected chi connectivity index (χ0v) is 21.6. The maximum Gasteiger partial charge on any atom is 0.283 e. The second kappa shape index (κ2) is 10.6. The molecule has 3 heterocycles. The molecule has 4 rings (SSSR count). The Morgan fingerprint density at radius 1 is 1.31 bits per heavy atom. The molecule has 1 fully saturated rings. The summed E-state index contributed by atoms with van der Waals surface area (Å²) in [5.41, 5.74) is 2.25. The predicted octanol–water partition coefficient (Wildman–Crippen LogP) is 4.31. The third-order valence-electron chi connectivity index (χ3n) is 6.06. The summed E-state index contributed by atoms with van der Waals surface area (Å²) in [5.74, 6) is 1.26. The first-order chi connectivity index (χ1) is 17.2. The number of nitrogens with one attached hydrogen (secondary N) is 2. The Balaban J connectivity index is 1.83. The molecule has 0 aliphatic carbocycles. The van der Waals surface area contributed by atoms with Crippen LogP contribution in [0.5, 0.6) is 5.75 Å². The van der Waals surface area contributed by atoms with Crippen LogP contribution < -0.4 is 20.4 Å². The van der Waals surface area contributed by atoms with Crippen LogP contribution in [0.1, 0.15) is 55.6 Å². The summed E-state index contributed by atoms with van der Waals surface area (Å²) in [4.78, 5) is 20.1. The number of rotatable bonds is 8. The summed E-state index contributed by atoms with van der Waals surface area (Å²) in [5, 5.41) is 22.7. The highest BCUT2D eigenvalue weighted by Gasteiger charge is 2.31. The van der Waals surface area contributed by atoms with E-state index in [0.717, 1.165) is 26.1 Å². The van der Waals surface area contributed by atoms with Crippen molar-refractivity contribution in [2.45, 2.75) is 46.6 Å². The van der Waals surface area contributed by atoms with Gasteiger partial charge >= 0.3 is 0 Å². The smallest absolute Gasteiger partial charge is 0.283 e. The molecular formula is C27H34N6O3. The Morgan fingerprint density at radius 2 is 2.06 bits per heavy atom. The second-order valence-corrected chi connectivity index (χ2v) is 9.94. The number of anilines is 2. The van der Waals surface area contributed by atoms with Crippen molar-refractivity contribution < 1.29 is 14.4 Å². The van der Waals surface area contributed by atoms with Gasteiger partial charge in [0.05, 0.1) is 29.6 Å². The fourth-order valence-electron chi connectivity index (χ4n) is 4.39. The van der Waals surface area contributed by atoms with Gasteiger partial charge in [-0.15, -0.1) is 0 Å². The Labute approximate surface area is 211 Å². The highest BCUT2D eigenvalue weighted by atomic mass is 16.7. The van der Waals surface area contributed by atoms with Gasteiger partial charge in [0.1, 0.15) is 17.4 Å². The molecule has 3 aromatic rings. The number of fused-ring (bicyclic) bond motifs is 1. The van der Waals surface area contributed by atoms with E-state index in [1.165, 1.54) is 5.06 Å². The number of carbonyl (C=O) groups is 1. The van der Waals surface area contributed by atoms with Crippen LogP contribution in [0.25, 0.3) is 5.52 Å². The molecule has 2 aromatic heterocycles. The molecule has 1 aromatic carbocycles. The molecule has 1 atom stereocenters. The Morgan fingerprint density at radius 3 is 2.67 bits per heavy atom. The number of benzene rings is 1. The van der Waals surface area contributed by atoms with E-state index in [1.54, 1.807) is 41.0 Å². The first-order valence-electron chi connectivity index (χ1n) is 12.3. The molecule has 1 saturated heterocycles. The van der Waals surface area contributed by atoms with Crippen LogP contribution >= 0.6 is 0 Å². The molecule has 190 valence electrons. The van der Waals surface area contributed by atoms with Gasteiger partial charge < -0.3 is 15.4 Å². The molecule has 0 spiro atoms. The van der Waals surface area contributed by atoms with Crippen molar-refractivity contribution >= 4 is 22.9 Å². The lowest BCUT2D eigenvalue weighted by molar-refractivity contribution is -0.0172. The van der Waals surface area contributed by atoms with E-state index in [1.807, 2.05) is 34.6 Å². The topological polar surface area (TPSA) is 104 Å². The number of carbonyl (C=O) groups excluding carboxylic acids is 1. The second-order valence-electron chi connectivity index (χ2n) is 9.94. The van der Waals surface area contributed by atoms with Crippen molar-refractivity contribution in [3.8, 4) is 11.8 Å². The summed E-state index contributed by atoms with van der Waals surface area (Å²) in [6, 6.07) is 11.1. The van der Waals surface area contributed by atoms with E-state index in [9.17, 15) is 10.1 Å². The lowest BCUT2D eigenvalue weighted by Crippen LogP contribution is -2.40. The number of aromatic nitrogens is 2. The minimum absolute atomic E-state index is 0.344. The number of amides is 1. The van der Waals surface area contributed by atoms with E-state index >= 15 is 0 Å². The molecule has 9 nitrogen and oxygen atoms in total. The van der Waals surface area contributed by atoms with Crippen molar-refractivity contribution in [3.05, 3.63) is 53.2 Å². The largest absolute Gasteiger partial charge is 0.494 e. The quantitative estimate of drug-likeness (QED) is 0.454. The van der Waals surface area contributed by atoms with Gasteiger partial charge in [0.15, 0.2) is 5.82 Å². The summed E-state index contributed by atoms with van der Waals surface area (Å²) in [6.07, 6.45) is 2.70. The van der Waals surface area contributed by atoms with Crippen molar-refractivity contribution in [2.75, 3.05) is 36.6 Å². The first-order valence-corrected chi connectivity index (χ1v) is 12.3. The highest BCUT2D eigenvalue weighted by Crippen LogP contribution is 2.35. The number of hydroxylamine groups is 1. The number of nitrogens with zero attached hydrogens (tertiary/aromatic N) is 4. The fourth-order valence-corrected chi connectivity index (χ4v) is 4.39. The molecule has 9 heteroatoms. The minimum atomic E-state index is -0.677. The molecule has 0 saturated carbocycles. The lowest BCUT2D eigenvalue weighted by Gasteiger charge is -2.31. The molecule has 1 aliphatic heterocycles. The summed E-state index contributed by atoms with van der Waals surface area (Å²) in [7, 11) is 0. The van der Waals surface area contributed by atoms with Crippen LogP contribution in [-0.2, 0) is 4.84 Å². The molecule has 1 aliphatic rings. The van der Waals surface area contributed by atoms with Crippen LogP contribution in [0.15, 0.2) is 36.5 Å². The SMILES string of the molecule is CCOc1ccc(C(=O)N(OC(C)(C)C)c2c(C)c(NCC3CCNC3)c(C#N)c3ccnn23)cc1. The zero-order valence-electron chi connectivity index (χ0n) is 21.6. The first kappa shape index (κ1) is 25.5. The molecule has 0 radical (unpaired) electrons. The predicted molar refractivity (Wildman–Crippen MR) is 139 cm³/mol. The molecule has 1 unspecified atom stereocenters. The van der Waals surface area contributed by atoms with Crippen molar-refractivity contribution in [1.29, 1.82) is 5.26 Å². The molecular weight excluding hydrogens is 456 g/mol. The summed E-state index contributed by atoms with van der Waals surface area (Å²) >= 11 is 0. The van der Waals surface area contributed by atoms with Gasteiger partial charge in [-0.3, -0.25) is 9.63 Å². The Hall–Kier alpha value is -3.61. The molecule has 2 N–H and O–H groups in total. The van der Waals surface area contributed by atoms with Gasteiger partial charge in [-0.05, 0) is 90.4 Å². The summed E-state index contributed by atoms with van der Waals surface area (Å²) < 4.78 is 7.13. The third-order valence-corrected chi connectivity index (χ3v) is 6.06. The maximum atomic E-state index is 13.9. The van der Waals surface area contributed by atoms with E-state index in [-0.39, 0.29) is 5.91 Å². The normalized spacial score (nSPS) is 15.6. The monoisotopic (exact) mass is 490 g/mol. The van der Waals surface area contributed by atoms with Crippen molar-refractivity contribution in [2.24, 2.45) is 5.92 Å². The highest BCUT2D eigenvalue weighted by molar-refractivity contribution is 6.05. The fraction of sp³-hybridized carbons (Fsp3) is 0.444. The lowest BCUT2D eigenvalue weighted by atomic mass is 10.1. The van der Waals surface area contributed by atoms with E-state index in [4.69, 9.17) is 9.57 Å². The van der Waals surface area contributed by atoms with E-state index < -0.39 is 5.60 Å². The van der Waals surface area contributed by atoms with Gasteiger partial charge in [0.25, 0.3) is 5.91 Å². The Bertz CT molecular complexity index is 1260. The van der Waals surface area contributed by atoms with Crippen LogP contribution in [0, 0.1) is 24.2 Å². The van der Waals surface area contributed by atoms with E-state index in [2.05, 4.69) is 21.8 Å². The number of pyridine rings is 1. The van der Waals surface area contributed by atoms with Crippen LogP contribution in [0.3, 0.4) is 0 Å². The zero-order chi connectivity index (χ0) is 25.9. The van der Waals surface area contributed by atoms with Gasteiger partial charge in [-0.25, -0.2) is 4.52 Å². The van der Waals surface area contributed by atoms with Gasteiger partial charge in [0, 0.05) is 17.7 Å². The average molecular weight is 491 g/mol. The van der Waals surface area contributed by atoms with Crippen LogP contribution in [0.4, 0.5) is 11.5 Å². The minimum Gasteiger partial charge on any atom is -0.494 e. The van der Waals surface area contributed by atoms with Crippen LogP contribution in [-0.4, -0.2) is 47.4 Å². The Kier molecular flexibility index (Phi) is 7.48. The van der Waals surface area contributed by atoms with Crippen molar-refractivity contribution in [1.82, 2.24) is 14.9 Å². The van der Waals surface area contributed by atoms with Gasteiger partial charge in [0.2, 0.25) is 0 Å². The molecule has 1 amide bonds. The van der Waals surface area contributed by atoms with Crippen molar-refractivity contribution in [3.63, 3.8) is 0 Å². The maximum absolute atomic E-state index is 13.9. The van der Waals surface area contributed by atoms with Gasteiger partial charge in [-0.1, -0.05) is 0 Å². The van der Waals surface area contributed by atoms with Crippen LogP contribution in [0.2, 0.25) is 0 Å². The van der Waals surface area contributed by atoms with E-state index in [0.29, 0.717) is 52.0 Å².